The van der Waals surface area contributed by atoms with Gasteiger partial charge in [0.05, 0.1) is 0 Å². The monoisotopic (exact) mass is 243 g/mol. The van der Waals surface area contributed by atoms with Crippen LogP contribution in [0.25, 0.3) is 0 Å². The van der Waals surface area contributed by atoms with Crippen molar-refractivity contribution in [3.8, 4) is 11.6 Å². The van der Waals surface area contributed by atoms with E-state index >= 15 is 0 Å². The molecule has 1 aromatic carbocycles. The molecule has 18 heavy (non-hydrogen) atoms. The van der Waals surface area contributed by atoms with E-state index < -0.39 is 5.97 Å². The Morgan fingerprint density at radius 3 is 2.61 bits per heavy atom. The lowest BCUT2D eigenvalue weighted by Gasteiger charge is -2.09. The maximum atomic E-state index is 10.8. The van der Waals surface area contributed by atoms with Crippen molar-refractivity contribution in [2.75, 3.05) is 0 Å². The molecule has 0 atom stereocenters. The number of carbonyl (C=O) groups is 1. The van der Waals surface area contributed by atoms with Crippen LogP contribution < -0.4 is 4.74 Å². The van der Waals surface area contributed by atoms with E-state index in [1.807, 2.05) is 32.0 Å². The normalized spacial score (nSPS) is 10.1. The lowest BCUT2D eigenvalue weighted by molar-refractivity contribution is 0.0689. The molecule has 0 fully saturated rings. The van der Waals surface area contributed by atoms with E-state index in [9.17, 15) is 4.79 Å². The number of carboxylic acids is 1. The third-order valence-electron chi connectivity index (χ3n) is 2.71. The Balaban J connectivity index is 2.31. The predicted molar refractivity (Wildman–Crippen MR) is 67.2 cm³/mol. The van der Waals surface area contributed by atoms with Crippen molar-refractivity contribution in [1.29, 1.82) is 0 Å². The Bertz CT molecular complexity index is 593. The fourth-order valence-corrected chi connectivity index (χ4v) is 1.54. The minimum atomic E-state index is -1.07. The van der Waals surface area contributed by atoms with Crippen molar-refractivity contribution < 1.29 is 14.6 Å². The summed E-state index contributed by atoms with van der Waals surface area (Å²) in [5.41, 5.74) is 2.10. The lowest BCUT2D eigenvalue weighted by atomic mass is 10.1. The average molecular weight is 243 g/mol. The Morgan fingerprint density at radius 2 is 1.89 bits per heavy atom. The maximum Gasteiger partial charge on any atom is 0.354 e. The zero-order chi connectivity index (χ0) is 13.1. The van der Waals surface area contributed by atoms with Gasteiger partial charge in [-0.05, 0) is 37.1 Å². The molecule has 0 aliphatic rings. The van der Waals surface area contributed by atoms with Crippen LogP contribution in [-0.4, -0.2) is 16.1 Å². The van der Waals surface area contributed by atoms with Crippen LogP contribution in [0.4, 0.5) is 0 Å². The van der Waals surface area contributed by atoms with E-state index in [1.54, 1.807) is 12.1 Å². The highest BCUT2D eigenvalue weighted by molar-refractivity contribution is 5.85. The summed E-state index contributed by atoms with van der Waals surface area (Å²) in [7, 11) is 0. The summed E-state index contributed by atoms with van der Waals surface area (Å²) >= 11 is 0. The minimum absolute atomic E-state index is 0.0298. The van der Waals surface area contributed by atoms with Crippen molar-refractivity contribution in [2.45, 2.75) is 13.8 Å². The van der Waals surface area contributed by atoms with Gasteiger partial charge in [-0.1, -0.05) is 18.2 Å². The van der Waals surface area contributed by atoms with E-state index in [4.69, 9.17) is 9.84 Å². The summed E-state index contributed by atoms with van der Waals surface area (Å²) in [6.07, 6.45) is 0. The molecule has 0 aliphatic carbocycles. The summed E-state index contributed by atoms with van der Waals surface area (Å²) < 4.78 is 5.61. The highest BCUT2D eigenvalue weighted by Crippen LogP contribution is 2.25. The molecule has 0 amide bonds. The molecule has 0 radical (unpaired) electrons. The van der Waals surface area contributed by atoms with Crippen molar-refractivity contribution >= 4 is 5.97 Å². The van der Waals surface area contributed by atoms with Gasteiger partial charge in [-0.15, -0.1) is 0 Å². The molecule has 0 spiro atoms. The molecule has 1 aromatic heterocycles. The number of hydrogen-bond donors (Lipinski definition) is 1. The number of ether oxygens (including phenoxy) is 1. The molecular formula is C14H13NO3. The van der Waals surface area contributed by atoms with Gasteiger partial charge >= 0.3 is 5.97 Å². The standard InChI is InChI=1S/C14H13NO3/c1-9-5-3-7-12(10(9)2)18-13-8-4-6-11(15-13)14(16)17/h3-8H,1-2H3,(H,16,17). The van der Waals surface area contributed by atoms with Crippen LogP contribution in [0, 0.1) is 13.8 Å². The number of aryl methyl sites for hydroxylation is 1. The van der Waals surface area contributed by atoms with Crippen LogP contribution in [0.2, 0.25) is 0 Å². The van der Waals surface area contributed by atoms with Gasteiger partial charge in [0.1, 0.15) is 5.75 Å². The highest BCUT2D eigenvalue weighted by Gasteiger charge is 2.08. The third kappa shape index (κ3) is 2.48. The topological polar surface area (TPSA) is 59.4 Å². The molecule has 0 saturated carbocycles. The Morgan fingerprint density at radius 1 is 1.17 bits per heavy atom. The number of hydrogen-bond acceptors (Lipinski definition) is 3. The van der Waals surface area contributed by atoms with Crippen molar-refractivity contribution in [1.82, 2.24) is 4.98 Å². The lowest BCUT2D eigenvalue weighted by Crippen LogP contribution is -2.01. The SMILES string of the molecule is Cc1cccc(Oc2cccc(C(=O)O)n2)c1C. The summed E-state index contributed by atoms with van der Waals surface area (Å²) in [5, 5.41) is 8.86. The molecule has 2 aromatic rings. The van der Waals surface area contributed by atoms with E-state index in [-0.39, 0.29) is 11.6 Å². The number of aromatic nitrogens is 1. The second kappa shape index (κ2) is 4.87. The summed E-state index contributed by atoms with van der Waals surface area (Å²) in [6, 6.07) is 10.4. The summed E-state index contributed by atoms with van der Waals surface area (Å²) in [6.45, 7) is 3.94. The Hall–Kier alpha value is -2.36. The molecule has 0 unspecified atom stereocenters. The van der Waals surface area contributed by atoms with Crippen LogP contribution in [0.15, 0.2) is 36.4 Å². The summed E-state index contributed by atoms with van der Waals surface area (Å²) in [5.74, 6) is -0.102. The van der Waals surface area contributed by atoms with Gasteiger partial charge in [0.15, 0.2) is 5.69 Å². The molecule has 4 nitrogen and oxygen atoms in total. The largest absolute Gasteiger partial charge is 0.477 e. The van der Waals surface area contributed by atoms with Gasteiger partial charge in [-0.2, -0.15) is 0 Å². The van der Waals surface area contributed by atoms with Crippen LogP contribution >= 0.6 is 0 Å². The van der Waals surface area contributed by atoms with Gasteiger partial charge < -0.3 is 9.84 Å². The first kappa shape index (κ1) is 12.1. The van der Waals surface area contributed by atoms with Gasteiger partial charge in [-0.3, -0.25) is 0 Å². The van der Waals surface area contributed by atoms with E-state index in [2.05, 4.69) is 4.98 Å². The van der Waals surface area contributed by atoms with Crippen LogP contribution in [0.5, 0.6) is 11.6 Å². The smallest absolute Gasteiger partial charge is 0.354 e. The van der Waals surface area contributed by atoms with Gasteiger partial charge in [-0.25, -0.2) is 9.78 Å². The van der Waals surface area contributed by atoms with Crippen LogP contribution in [0.3, 0.4) is 0 Å². The zero-order valence-electron chi connectivity index (χ0n) is 10.2. The number of carboxylic acid groups (broad SMARTS) is 1. The van der Waals surface area contributed by atoms with Crippen LogP contribution in [-0.2, 0) is 0 Å². The van der Waals surface area contributed by atoms with E-state index in [1.165, 1.54) is 6.07 Å². The summed E-state index contributed by atoms with van der Waals surface area (Å²) in [4.78, 5) is 14.7. The number of benzene rings is 1. The average Bonchev–Trinajstić information content (AvgIpc) is 2.35. The molecule has 1 heterocycles. The fraction of sp³-hybridized carbons (Fsp3) is 0.143. The number of rotatable bonds is 3. The molecule has 1 N–H and O–H groups in total. The third-order valence-corrected chi connectivity index (χ3v) is 2.71. The number of nitrogens with zero attached hydrogens (tertiary/aromatic N) is 1. The minimum Gasteiger partial charge on any atom is -0.477 e. The first-order valence-corrected chi connectivity index (χ1v) is 5.52. The molecule has 4 heteroatoms. The molecule has 2 rings (SSSR count). The number of pyridine rings is 1. The molecule has 0 saturated heterocycles. The second-order valence-corrected chi connectivity index (χ2v) is 3.97. The Kier molecular flexibility index (Phi) is 3.28. The quantitative estimate of drug-likeness (QED) is 0.899. The predicted octanol–water partition coefficient (Wildman–Crippen LogP) is 3.19. The van der Waals surface area contributed by atoms with Crippen LogP contribution in [0.1, 0.15) is 21.6 Å². The first-order chi connectivity index (χ1) is 8.58. The van der Waals surface area contributed by atoms with Gasteiger partial charge in [0.2, 0.25) is 5.88 Å². The fourth-order valence-electron chi connectivity index (χ4n) is 1.54. The molecular weight excluding hydrogens is 230 g/mol. The maximum absolute atomic E-state index is 10.8. The van der Waals surface area contributed by atoms with E-state index in [0.29, 0.717) is 5.75 Å². The molecule has 92 valence electrons. The van der Waals surface area contributed by atoms with Crippen molar-refractivity contribution in [3.05, 3.63) is 53.2 Å². The Labute approximate surface area is 105 Å². The van der Waals surface area contributed by atoms with Gasteiger partial charge in [0.25, 0.3) is 0 Å². The molecule has 0 bridgehead atoms. The number of aromatic carboxylic acids is 1. The zero-order valence-corrected chi connectivity index (χ0v) is 10.2. The molecule has 0 aliphatic heterocycles. The van der Waals surface area contributed by atoms with E-state index in [0.717, 1.165) is 11.1 Å². The first-order valence-electron chi connectivity index (χ1n) is 5.52. The van der Waals surface area contributed by atoms with Gasteiger partial charge in [0, 0.05) is 6.07 Å². The second-order valence-electron chi connectivity index (χ2n) is 3.97. The van der Waals surface area contributed by atoms with Crippen molar-refractivity contribution in [3.63, 3.8) is 0 Å². The van der Waals surface area contributed by atoms with Crippen molar-refractivity contribution in [2.24, 2.45) is 0 Å². The highest BCUT2D eigenvalue weighted by atomic mass is 16.5.